The van der Waals surface area contributed by atoms with Gasteiger partial charge in [0.15, 0.2) is 0 Å². The van der Waals surface area contributed by atoms with Crippen molar-refractivity contribution in [1.29, 1.82) is 0 Å². The highest BCUT2D eigenvalue weighted by Gasteiger charge is 2.31. The molecule has 0 aliphatic carbocycles. The molecule has 0 bridgehead atoms. The summed E-state index contributed by atoms with van der Waals surface area (Å²) >= 11 is 0. The van der Waals surface area contributed by atoms with Gasteiger partial charge in [-0.05, 0) is 30.2 Å². The van der Waals surface area contributed by atoms with Crippen molar-refractivity contribution in [2.45, 2.75) is 25.2 Å². The molecule has 1 N–H and O–H groups in total. The summed E-state index contributed by atoms with van der Waals surface area (Å²) in [5.41, 5.74) is 0.967. The summed E-state index contributed by atoms with van der Waals surface area (Å²) in [5.74, 6) is 0. The lowest BCUT2D eigenvalue weighted by atomic mass is 10.0. The fourth-order valence-electron chi connectivity index (χ4n) is 2.40. The van der Waals surface area contributed by atoms with Gasteiger partial charge in [0.1, 0.15) is 0 Å². The molecule has 0 spiro atoms. The average Bonchev–Trinajstić information content (AvgIpc) is 2.55. The van der Waals surface area contributed by atoms with Crippen molar-refractivity contribution in [1.82, 2.24) is 5.32 Å². The van der Waals surface area contributed by atoms with Gasteiger partial charge in [-0.25, -0.2) is 0 Å². The average molecular weight is 323 g/mol. The van der Waals surface area contributed by atoms with E-state index in [4.69, 9.17) is 4.74 Å². The van der Waals surface area contributed by atoms with Crippen LogP contribution in [0.15, 0.2) is 54.6 Å². The number of nitrogens with one attached hydrogen (secondary N) is 1. The van der Waals surface area contributed by atoms with Crippen molar-refractivity contribution in [3.63, 3.8) is 0 Å². The van der Waals surface area contributed by atoms with Gasteiger partial charge in [-0.3, -0.25) is 0 Å². The molecule has 1 unspecified atom stereocenters. The van der Waals surface area contributed by atoms with Crippen molar-refractivity contribution in [2.24, 2.45) is 0 Å². The Morgan fingerprint density at radius 1 is 1.00 bits per heavy atom. The Labute approximate surface area is 134 Å². The second-order valence-corrected chi connectivity index (χ2v) is 5.39. The number of halogens is 3. The van der Waals surface area contributed by atoms with Gasteiger partial charge in [0.05, 0.1) is 11.7 Å². The van der Waals surface area contributed by atoms with Gasteiger partial charge in [-0.2, -0.15) is 13.2 Å². The van der Waals surface area contributed by atoms with Crippen LogP contribution in [0.4, 0.5) is 13.2 Å². The highest BCUT2D eigenvalue weighted by molar-refractivity contribution is 5.27. The molecule has 0 fully saturated rings. The van der Waals surface area contributed by atoms with E-state index in [9.17, 15) is 13.2 Å². The van der Waals surface area contributed by atoms with Crippen LogP contribution in [0.5, 0.6) is 0 Å². The maximum Gasteiger partial charge on any atom is 0.416 e. The lowest BCUT2D eigenvalue weighted by Gasteiger charge is -2.21. The van der Waals surface area contributed by atoms with E-state index in [2.05, 4.69) is 5.32 Å². The number of ether oxygens (including phenoxy) is 1. The summed E-state index contributed by atoms with van der Waals surface area (Å²) in [7, 11) is 1.50. The first kappa shape index (κ1) is 17.5. The number of benzene rings is 2. The van der Waals surface area contributed by atoms with Crippen LogP contribution < -0.4 is 5.32 Å². The molecular formula is C18H20F3NO. The molecule has 2 aromatic carbocycles. The van der Waals surface area contributed by atoms with Gasteiger partial charge < -0.3 is 10.1 Å². The summed E-state index contributed by atoms with van der Waals surface area (Å²) in [4.78, 5) is 0. The van der Waals surface area contributed by atoms with E-state index in [0.29, 0.717) is 12.1 Å². The first-order valence-corrected chi connectivity index (χ1v) is 7.40. The van der Waals surface area contributed by atoms with Gasteiger partial charge >= 0.3 is 6.18 Å². The molecule has 0 radical (unpaired) electrons. The molecule has 0 heterocycles. The standard InChI is InChI=1S/C18H20F3NO/c1-13(14-7-4-3-5-8-14)22-12-17(23-2)15-9-6-10-16(11-15)18(19,20)21/h3-11,13,17,22H,12H2,1-2H3/t13-,17?/m0/s1. The van der Waals surface area contributed by atoms with E-state index in [1.807, 2.05) is 37.3 Å². The van der Waals surface area contributed by atoms with Crippen molar-refractivity contribution in [2.75, 3.05) is 13.7 Å². The molecule has 0 aliphatic rings. The zero-order valence-corrected chi connectivity index (χ0v) is 13.1. The number of rotatable bonds is 6. The third-order valence-electron chi connectivity index (χ3n) is 3.78. The molecule has 5 heteroatoms. The van der Waals surface area contributed by atoms with Gasteiger partial charge in [0, 0.05) is 19.7 Å². The fourth-order valence-corrected chi connectivity index (χ4v) is 2.40. The predicted molar refractivity (Wildman–Crippen MR) is 84.1 cm³/mol. The van der Waals surface area contributed by atoms with Crippen LogP contribution in [0.1, 0.15) is 35.8 Å². The Hall–Kier alpha value is -1.85. The third kappa shape index (κ3) is 4.81. The second kappa shape index (κ2) is 7.62. The molecule has 0 aromatic heterocycles. The summed E-state index contributed by atoms with van der Waals surface area (Å²) < 4.78 is 43.8. The Morgan fingerprint density at radius 3 is 2.26 bits per heavy atom. The Bertz CT molecular complexity index is 613. The van der Waals surface area contributed by atoms with Crippen LogP contribution in [-0.4, -0.2) is 13.7 Å². The third-order valence-corrected chi connectivity index (χ3v) is 3.78. The second-order valence-electron chi connectivity index (χ2n) is 5.39. The molecule has 23 heavy (non-hydrogen) atoms. The summed E-state index contributed by atoms with van der Waals surface area (Å²) in [5, 5.41) is 3.30. The zero-order chi connectivity index (χ0) is 16.9. The Morgan fingerprint density at radius 2 is 1.65 bits per heavy atom. The molecular weight excluding hydrogens is 303 g/mol. The van der Waals surface area contributed by atoms with E-state index >= 15 is 0 Å². The topological polar surface area (TPSA) is 21.3 Å². The maximum atomic E-state index is 12.8. The minimum atomic E-state index is -4.35. The monoisotopic (exact) mass is 323 g/mol. The van der Waals surface area contributed by atoms with E-state index in [0.717, 1.165) is 17.7 Å². The lowest BCUT2D eigenvalue weighted by Crippen LogP contribution is -2.25. The van der Waals surface area contributed by atoms with Crippen molar-refractivity contribution < 1.29 is 17.9 Å². The SMILES string of the molecule is COC(CN[C@@H](C)c1ccccc1)c1cccc(C(F)(F)F)c1. The molecule has 0 saturated carbocycles. The largest absolute Gasteiger partial charge is 0.416 e. The molecule has 0 aliphatic heterocycles. The van der Waals surface area contributed by atoms with Gasteiger partial charge in [0.25, 0.3) is 0 Å². The summed E-state index contributed by atoms with van der Waals surface area (Å²) in [6.45, 7) is 2.43. The van der Waals surface area contributed by atoms with Crippen LogP contribution in [-0.2, 0) is 10.9 Å². The first-order valence-electron chi connectivity index (χ1n) is 7.40. The van der Waals surface area contributed by atoms with E-state index in [1.54, 1.807) is 6.07 Å². The first-order chi connectivity index (χ1) is 10.9. The predicted octanol–water partition coefficient (Wildman–Crippen LogP) is 4.74. The number of methoxy groups -OCH3 is 1. The highest BCUT2D eigenvalue weighted by Crippen LogP contribution is 2.31. The maximum absolute atomic E-state index is 12.8. The Kier molecular flexibility index (Phi) is 5.80. The summed E-state index contributed by atoms with van der Waals surface area (Å²) in [6, 6.07) is 15.2. The minimum Gasteiger partial charge on any atom is -0.375 e. The molecule has 124 valence electrons. The van der Waals surface area contributed by atoms with Gasteiger partial charge in [-0.1, -0.05) is 42.5 Å². The van der Waals surface area contributed by atoms with Gasteiger partial charge in [0.2, 0.25) is 0 Å². The number of hydrogen-bond donors (Lipinski definition) is 1. The molecule has 0 amide bonds. The minimum absolute atomic E-state index is 0.0830. The van der Waals surface area contributed by atoms with E-state index < -0.39 is 17.8 Å². The molecule has 2 nitrogen and oxygen atoms in total. The zero-order valence-electron chi connectivity index (χ0n) is 13.1. The van der Waals surface area contributed by atoms with Crippen LogP contribution in [0.25, 0.3) is 0 Å². The van der Waals surface area contributed by atoms with Crippen LogP contribution in [0, 0.1) is 0 Å². The molecule has 0 saturated heterocycles. The fraction of sp³-hybridized carbons (Fsp3) is 0.333. The normalized spacial score (nSPS) is 14.5. The van der Waals surface area contributed by atoms with Crippen molar-refractivity contribution in [3.05, 3.63) is 71.3 Å². The van der Waals surface area contributed by atoms with E-state index in [1.165, 1.54) is 13.2 Å². The quantitative estimate of drug-likeness (QED) is 0.829. The Balaban J connectivity index is 2.06. The molecule has 2 aromatic rings. The molecule has 2 rings (SSSR count). The van der Waals surface area contributed by atoms with Crippen molar-refractivity contribution in [3.8, 4) is 0 Å². The molecule has 2 atom stereocenters. The van der Waals surface area contributed by atoms with Gasteiger partial charge in [-0.15, -0.1) is 0 Å². The van der Waals surface area contributed by atoms with Crippen LogP contribution >= 0.6 is 0 Å². The van der Waals surface area contributed by atoms with Crippen LogP contribution in [0.2, 0.25) is 0 Å². The van der Waals surface area contributed by atoms with E-state index in [-0.39, 0.29) is 6.04 Å². The number of hydrogen-bond acceptors (Lipinski definition) is 2. The number of alkyl halides is 3. The van der Waals surface area contributed by atoms with Crippen molar-refractivity contribution >= 4 is 0 Å². The summed E-state index contributed by atoms with van der Waals surface area (Å²) in [6.07, 6.45) is -4.79. The van der Waals surface area contributed by atoms with Crippen LogP contribution in [0.3, 0.4) is 0 Å². The lowest BCUT2D eigenvalue weighted by molar-refractivity contribution is -0.137. The smallest absolute Gasteiger partial charge is 0.375 e. The highest BCUT2D eigenvalue weighted by atomic mass is 19.4.